The standard InChI is InChI=1S/C28H29F3N6O3/c1-18-33-34-25(39-18)24(19-6-3-2-4-7-19)35-12-14-36(15-13-35)26(38)20-8-5-11-37(17-20)27-32-22-16-21(28(29,30)31)9-10-23(22)40-27/h2-4,6-7,9-10,16,20,24H,5,8,11-15,17H2,1H3/t20-,24?/m0/s1. The number of anilines is 1. The molecule has 9 nitrogen and oxygen atoms in total. The van der Waals surface area contributed by atoms with Crippen molar-refractivity contribution in [1.82, 2.24) is 25.0 Å². The van der Waals surface area contributed by atoms with Gasteiger partial charge < -0.3 is 18.6 Å². The summed E-state index contributed by atoms with van der Waals surface area (Å²) in [6, 6.07) is 13.3. The Morgan fingerprint density at radius 3 is 2.48 bits per heavy atom. The van der Waals surface area contributed by atoms with Gasteiger partial charge in [0.2, 0.25) is 17.7 Å². The molecule has 6 rings (SSSR count). The van der Waals surface area contributed by atoms with Crippen LogP contribution in [0.2, 0.25) is 0 Å². The highest BCUT2D eigenvalue weighted by molar-refractivity contribution is 5.80. The number of benzene rings is 2. The average Bonchev–Trinajstić information content (AvgIpc) is 3.59. The summed E-state index contributed by atoms with van der Waals surface area (Å²) in [5.41, 5.74) is 0.722. The second-order valence-corrected chi connectivity index (χ2v) is 10.3. The number of piperazine rings is 1. The van der Waals surface area contributed by atoms with Gasteiger partial charge in [0, 0.05) is 46.2 Å². The molecule has 0 bridgehead atoms. The largest absolute Gasteiger partial charge is 0.423 e. The molecule has 2 aliphatic heterocycles. The van der Waals surface area contributed by atoms with E-state index in [1.165, 1.54) is 6.07 Å². The minimum atomic E-state index is -4.45. The average molecular weight is 555 g/mol. The van der Waals surface area contributed by atoms with Crippen LogP contribution in [0, 0.1) is 12.8 Å². The van der Waals surface area contributed by atoms with Gasteiger partial charge in [-0.2, -0.15) is 18.2 Å². The molecule has 4 heterocycles. The number of rotatable bonds is 5. The van der Waals surface area contributed by atoms with Crippen molar-refractivity contribution < 1.29 is 26.8 Å². The molecule has 210 valence electrons. The summed E-state index contributed by atoms with van der Waals surface area (Å²) in [4.78, 5) is 23.9. The monoisotopic (exact) mass is 554 g/mol. The molecule has 1 unspecified atom stereocenters. The van der Waals surface area contributed by atoms with Gasteiger partial charge in [-0.05, 0) is 36.6 Å². The fourth-order valence-corrected chi connectivity index (χ4v) is 5.61. The van der Waals surface area contributed by atoms with Gasteiger partial charge in [0.15, 0.2) is 5.58 Å². The zero-order valence-corrected chi connectivity index (χ0v) is 22.0. The van der Waals surface area contributed by atoms with Crippen LogP contribution in [0.4, 0.5) is 19.2 Å². The summed E-state index contributed by atoms with van der Waals surface area (Å²) in [7, 11) is 0. The van der Waals surface area contributed by atoms with E-state index in [1.807, 2.05) is 40.1 Å². The maximum absolute atomic E-state index is 13.5. The van der Waals surface area contributed by atoms with Gasteiger partial charge in [-0.3, -0.25) is 9.69 Å². The Hall–Kier alpha value is -3.93. The van der Waals surface area contributed by atoms with Crippen molar-refractivity contribution in [1.29, 1.82) is 0 Å². The molecule has 12 heteroatoms. The van der Waals surface area contributed by atoms with Crippen LogP contribution in [0.15, 0.2) is 57.4 Å². The number of nitrogens with zero attached hydrogens (tertiary/aromatic N) is 6. The third-order valence-electron chi connectivity index (χ3n) is 7.63. The van der Waals surface area contributed by atoms with Crippen LogP contribution in [-0.2, 0) is 11.0 Å². The zero-order valence-electron chi connectivity index (χ0n) is 22.0. The van der Waals surface area contributed by atoms with E-state index in [9.17, 15) is 18.0 Å². The molecule has 0 spiro atoms. The van der Waals surface area contributed by atoms with Crippen molar-refractivity contribution in [2.75, 3.05) is 44.2 Å². The van der Waals surface area contributed by atoms with Crippen LogP contribution in [0.3, 0.4) is 0 Å². The number of fused-ring (bicyclic) bond motifs is 1. The topological polar surface area (TPSA) is 91.7 Å². The highest BCUT2D eigenvalue weighted by Gasteiger charge is 2.36. The minimum Gasteiger partial charge on any atom is -0.423 e. The first-order valence-electron chi connectivity index (χ1n) is 13.4. The number of amides is 1. The summed E-state index contributed by atoms with van der Waals surface area (Å²) in [5, 5.41) is 8.30. The SMILES string of the molecule is Cc1nnc(C(c2ccccc2)N2CCN(C(=O)[C@H]3CCCN(c4nc5cc(C(F)(F)F)ccc5o4)C3)CC2)o1. The number of hydrogen-bond acceptors (Lipinski definition) is 8. The number of carbonyl (C=O) groups is 1. The van der Waals surface area contributed by atoms with E-state index in [2.05, 4.69) is 20.1 Å². The van der Waals surface area contributed by atoms with Crippen LogP contribution < -0.4 is 4.90 Å². The number of hydrogen-bond donors (Lipinski definition) is 0. The summed E-state index contributed by atoms with van der Waals surface area (Å²) in [6.45, 7) is 5.23. The first kappa shape index (κ1) is 26.3. The van der Waals surface area contributed by atoms with Gasteiger partial charge in [0.1, 0.15) is 11.6 Å². The predicted molar refractivity (Wildman–Crippen MR) is 139 cm³/mol. The lowest BCUT2D eigenvalue weighted by molar-refractivity contribution is -0.138. The number of aryl methyl sites for hydroxylation is 1. The van der Waals surface area contributed by atoms with Gasteiger partial charge in [-0.25, -0.2) is 0 Å². The lowest BCUT2D eigenvalue weighted by Crippen LogP contribution is -2.53. The first-order valence-corrected chi connectivity index (χ1v) is 13.4. The van der Waals surface area contributed by atoms with E-state index in [1.54, 1.807) is 6.92 Å². The quantitative estimate of drug-likeness (QED) is 0.351. The van der Waals surface area contributed by atoms with Gasteiger partial charge in [0.25, 0.3) is 6.01 Å². The minimum absolute atomic E-state index is 0.0738. The van der Waals surface area contributed by atoms with Crippen molar-refractivity contribution in [3.8, 4) is 0 Å². The number of halogens is 3. The van der Waals surface area contributed by atoms with Gasteiger partial charge in [-0.15, -0.1) is 10.2 Å². The number of carbonyl (C=O) groups excluding carboxylic acids is 1. The fraction of sp³-hybridized carbons (Fsp3) is 0.429. The molecule has 2 saturated heterocycles. The Morgan fingerprint density at radius 2 is 1.77 bits per heavy atom. The first-order chi connectivity index (χ1) is 19.3. The molecule has 40 heavy (non-hydrogen) atoms. The Morgan fingerprint density at radius 1 is 1.00 bits per heavy atom. The summed E-state index contributed by atoms with van der Waals surface area (Å²) < 4.78 is 50.9. The lowest BCUT2D eigenvalue weighted by atomic mass is 9.96. The molecule has 1 amide bonds. The molecular formula is C28H29F3N6O3. The van der Waals surface area contributed by atoms with E-state index >= 15 is 0 Å². The highest BCUT2D eigenvalue weighted by Crippen LogP contribution is 2.34. The molecule has 0 saturated carbocycles. The molecular weight excluding hydrogens is 525 g/mol. The van der Waals surface area contributed by atoms with Crippen LogP contribution in [0.1, 0.15) is 41.8 Å². The van der Waals surface area contributed by atoms with E-state index in [4.69, 9.17) is 8.83 Å². The van der Waals surface area contributed by atoms with Crippen LogP contribution in [0.25, 0.3) is 11.1 Å². The summed E-state index contributed by atoms with van der Waals surface area (Å²) >= 11 is 0. The van der Waals surface area contributed by atoms with E-state index in [0.717, 1.165) is 30.5 Å². The molecule has 4 aromatic rings. The Bertz CT molecular complexity index is 1480. The second kappa shape index (κ2) is 10.6. The van der Waals surface area contributed by atoms with Crippen molar-refractivity contribution >= 4 is 23.0 Å². The van der Waals surface area contributed by atoms with E-state index in [-0.39, 0.29) is 35.0 Å². The maximum Gasteiger partial charge on any atom is 0.416 e. The van der Waals surface area contributed by atoms with E-state index in [0.29, 0.717) is 51.0 Å². The Labute approximate surface area is 228 Å². The van der Waals surface area contributed by atoms with Crippen LogP contribution >= 0.6 is 0 Å². The van der Waals surface area contributed by atoms with Crippen LogP contribution in [0.5, 0.6) is 0 Å². The zero-order chi connectivity index (χ0) is 27.9. The second-order valence-electron chi connectivity index (χ2n) is 10.3. The number of alkyl halides is 3. The molecule has 2 aliphatic rings. The Kier molecular flexibility index (Phi) is 6.95. The van der Waals surface area contributed by atoms with Crippen molar-refractivity contribution in [2.24, 2.45) is 5.92 Å². The summed E-state index contributed by atoms with van der Waals surface area (Å²) in [6.07, 6.45) is -2.96. The maximum atomic E-state index is 13.5. The van der Waals surface area contributed by atoms with Gasteiger partial charge in [0.05, 0.1) is 11.5 Å². The molecule has 2 aromatic heterocycles. The number of piperidine rings is 1. The number of oxazole rings is 1. The molecule has 2 atom stereocenters. The van der Waals surface area contributed by atoms with Gasteiger partial charge in [-0.1, -0.05) is 30.3 Å². The Balaban J connectivity index is 1.12. The predicted octanol–water partition coefficient (Wildman–Crippen LogP) is 4.69. The summed E-state index contributed by atoms with van der Waals surface area (Å²) in [5.74, 6) is 0.868. The van der Waals surface area contributed by atoms with Crippen molar-refractivity contribution in [3.63, 3.8) is 0 Å². The molecule has 2 aromatic carbocycles. The number of aromatic nitrogens is 3. The van der Waals surface area contributed by atoms with Crippen LogP contribution in [-0.4, -0.2) is 70.2 Å². The van der Waals surface area contributed by atoms with Crippen molar-refractivity contribution in [3.05, 3.63) is 71.4 Å². The van der Waals surface area contributed by atoms with Gasteiger partial charge >= 0.3 is 6.18 Å². The normalized spacial score (nSPS) is 19.8. The molecule has 0 N–H and O–H groups in total. The fourth-order valence-electron chi connectivity index (χ4n) is 5.61. The molecule has 0 aliphatic carbocycles. The van der Waals surface area contributed by atoms with E-state index < -0.39 is 11.7 Å². The third kappa shape index (κ3) is 5.27. The smallest absolute Gasteiger partial charge is 0.416 e. The third-order valence-corrected chi connectivity index (χ3v) is 7.63. The molecule has 2 fully saturated rings. The molecule has 0 radical (unpaired) electrons. The lowest BCUT2D eigenvalue weighted by Gasteiger charge is -2.40. The van der Waals surface area contributed by atoms with Crippen molar-refractivity contribution in [2.45, 2.75) is 32.0 Å². The highest BCUT2D eigenvalue weighted by atomic mass is 19.4.